The van der Waals surface area contributed by atoms with Gasteiger partial charge in [-0.15, -0.1) is 0 Å². The first kappa shape index (κ1) is 13.5. The van der Waals surface area contributed by atoms with Gasteiger partial charge in [0.05, 0.1) is 23.6 Å². The van der Waals surface area contributed by atoms with Gasteiger partial charge in [-0.05, 0) is 25.5 Å². The summed E-state index contributed by atoms with van der Waals surface area (Å²) in [5.74, 6) is 0. The van der Waals surface area contributed by atoms with Crippen LogP contribution < -0.4 is 0 Å². The van der Waals surface area contributed by atoms with E-state index in [4.69, 9.17) is 0 Å². The van der Waals surface area contributed by atoms with Crippen molar-refractivity contribution in [1.29, 1.82) is 0 Å². The third-order valence-electron chi connectivity index (χ3n) is 3.18. The van der Waals surface area contributed by atoms with Gasteiger partial charge < -0.3 is 10.2 Å². The lowest BCUT2D eigenvalue weighted by molar-refractivity contribution is 0.184. The molecule has 1 saturated heterocycles. The topological polar surface area (TPSA) is 77.8 Å². The van der Waals surface area contributed by atoms with Gasteiger partial charge in [0.25, 0.3) is 0 Å². The van der Waals surface area contributed by atoms with Crippen LogP contribution in [0, 0.1) is 6.92 Å². The molecular formula is C12H17NO4S. The van der Waals surface area contributed by atoms with Crippen molar-refractivity contribution in [2.75, 3.05) is 13.2 Å². The van der Waals surface area contributed by atoms with E-state index in [0.29, 0.717) is 0 Å². The minimum Gasteiger partial charge on any atom is -0.395 e. The second-order valence-electron chi connectivity index (χ2n) is 4.61. The number of rotatable bonds is 3. The molecule has 0 radical (unpaired) electrons. The molecule has 1 aromatic rings. The molecular weight excluding hydrogens is 254 g/mol. The van der Waals surface area contributed by atoms with E-state index < -0.39 is 22.2 Å². The lowest BCUT2D eigenvalue weighted by atomic mass is 10.2. The highest BCUT2D eigenvalue weighted by atomic mass is 32.2. The average molecular weight is 271 g/mol. The quantitative estimate of drug-likeness (QED) is 0.818. The van der Waals surface area contributed by atoms with E-state index in [9.17, 15) is 18.6 Å². The van der Waals surface area contributed by atoms with E-state index in [1.807, 2.05) is 6.92 Å². The summed E-state index contributed by atoms with van der Waals surface area (Å²) >= 11 is 0. The molecule has 18 heavy (non-hydrogen) atoms. The Morgan fingerprint density at radius 3 is 2.50 bits per heavy atom. The lowest BCUT2D eigenvalue weighted by Crippen LogP contribution is -2.37. The minimum absolute atomic E-state index is 0.0431. The lowest BCUT2D eigenvalue weighted by Gasteiger charge is -2.22. The summed E-state index contributed by atoms with van der Waals surface area (Å²) in [6.45, 7) is 1.65. The van der Waals surface area contributed by atoms with Crippen LogP contribution in [0.3, 0.4) is 0 Å². The molecule has 1 heterocycles. The number of benzene rings is 1. The molecule has 2 unspecified atom stereocenters. The van der Waals surface area contributed by atoms with Gasteiger partial charge in [-0.1, -0.05) is 17.7 Å². The molecule has 0 bridgehead atoms. The van der Waals surface area contributed by atoms with E-state index in [1.54, 1.807) is 24.3 Å². The van der Waals surface area contributed by atoms with Crippen LogP contribution in [-0.2, 0) is 10.0 Å². The average Bonchev–Trinajstić information content (AvgIpc) is 2.72. The standard InChI is InChI=1S/C12H17NO4S/c1-9-2-4-12(5-3-9)18(16,17)13-7-11(15)6-10(13)8-14/h2-5,10-11,14-15H,6-8H2,1H3. The zero-order chi connectivity index (χ0) is 13.3. The number of hydrogen-bond donors (Lipinski definition) is 2. The molecule has 0 saturated carbocycles. The highest BCUT2D eigenvalue weighted by Crippen LogP contribution is 2.26. The van der Waals surface area contributed by atoms with E-state index in [1.165, 1.54) is 4.31 Å². The fourth-order valence-corrected chi connectivity index (χ4v) is 3.83. The maximum atomic E-state index is 12.4. The Balaban J connectivity index is 2.33. The molecule has 0 aliphatic carbocycles. The maximum Gasteiger partial charge on any atom is 0.243 e. The molecule has 0 amide bonds. The van der Waals surface area contributed by atoms with Gasteiger partial charge in [-0.2, -0.15) is 4.31 Å². The van der Waals surface area contributed by atoms with Crippen LogP contribution in [0.5, 0.6) is 0 Å². The van der Waals surface area contributed by atoms with Gasteiger partial charge in [0.15, 0.2) is 0 Å². The first-order valence-electron chi connectivity index (χ1n) is 5.82. The van der Waals surface area contributed by atoms with Crippen LogP contribution in [0.2, 0.25) is 0 Å². The van der Waals surface area contributed by atoms with Crippen molar-refractivity contribution in [2.24, 2.45) is 0 Å². The molecule has 2 atom stereocenters. The summed E-state index contributed by atoms with van der Waals surface area (Å²) in [6, 6.07) is 6.01. The second-order valence-corrected chi connectivity index (χ2v) is 6.50. The van der Waals surface area contributed by atoms with Crippen LogP contribution >= 0.6 is 0 Å². The molecule has 2 rings (SSSR count). The Kier molecular flexibility index (Phi) is 3.72. The third kappa shape index (κ3) is 2.42. The van der Waals surface area contributed by atoms with Crippen LogP contribution in [-0.4, -0.2) is 48.2 Å². The number of hydrogen-bond acceptors (Lipinski definition) is 4. The van der Waals surface area contributed by atoms with Crippen LogP contribution in [0.25, 0.3) is 0 Å². The van der Waals surface area contributed by atoms with Crippen LogP contribution in [0.15, 0.2) is 29.2 Å². The molecule has 0 aromatic heterocycles. The molecule has 2 N–H and O–H groups in total. The monoisotopic (exact) mass is 271 g/mol. The van der Waals surface area contributed by atoms with Crippen LogP contribution in [0.1, 0.15) is 12.0 Å². The highest BCUT2D eigenvalue weighted by molar-refractivity contribution is 7.89. The summed E-state index contributed by atoms with van der Waals surface area (Å²) < 4.78 is 25.9. The van der Waals surface area contributed by atoms with Gasteiger partial charge in [-0.25, -0.2) is 8.42 Å². The van der Waals surface area contributed by atoms with Crippen molar-refractivity contribution in [3.05, 3.63) is 29.8 Å². The van der Waals surface area contributed by atoms with Crippen LogP contribution in [0.4, 0.5) is 0 Å². The Hall–Kier alpha value is -0.950. The van der Waals surface area contributed by atoms with Crippen molar-refractivity contribution >= 4 is 10.0 Å². The highest BCUT2D eigenvalue weighted by Gasteiger charge is 2.39. The van der Waals surface area contributed by atoms with Gasteiger partial charge >= 0.3 is 0 Å². The zero-order valence-electron chi connectivity index (χ0n) is 10.2. The van der Waals surface area contributed by atoms with Crippen molar-refractivity contribution < 1.29 is 18.6 Å². The summed E-state index contributed by atoms with van der Waals surface area (Å²) in [7, 11) is -3.64. The predicted molar refractivity (Wildman–Crippen MR) is 66.6 cm³/mol. The normalized spacial score (nSPS) is 25.5. The number of aliphatic hydroxyl groups is 2. The fraction of sp³-hybridized carbons (Fsp3) is 0.500. The Morgan fingerprint density at radius 2 is 1.94 bits per heavy atom. The summed E-state index contributed by atoms with van der Waals surface area (Å²) in [5.41, 5.74) is 0.981. The van der Waals surface area contributed by atoms with Crippen molar-refractivity contribution in [3.8, 4) is 0 Å². The Labute approximate surface area is 107 Å². The van der Waals surface area contributed by atoms with E-state index >= 15 is 0 Å². The fourth-order valence-electron chi connectivity index (χ4n) is 2.17. The summed E-state index contributed by atoms with van der Waals surface area (Å²) in [4.78, 5) is 0.195. The number of aryl methyl sites for hydroxylation is 1. The van der Waals surface area contributed by atoms with Gasteiger partial charge in [0.2, 0.25) is 10.0 Å². The molecule has 5 nitrogen and oxygen atoms in total. The second kappa shape index (κ2) is 4.97. The zero-order valence-corrected chi connectivity index (χ0v) is 11.0. The number of sulfonamides is 1. The smallest absolute Gasteiger partial charge is 0.243 e. The SMILES string of the molecule is Cc1ccc(S(=O)(=O)N2CC(O)CC2CO)cc1. The Morgan fingerprint density at radius 1 is 1.33 bits per heavy atom. The Bertz CT molecular complexity index is 511. The van der Waals surface area contributed by atoms with Gasteiger partial charge in [-0.3, -0.25) is 0 Å². The summed E-state index contributed by atoms with van der Waals surface area (Å²) in [6.07, 6.45) is -0.427. The van der Waals surface area contributed by atoms with Crippen molar-refractivity contribution in [2.45, 2.75) is 30.4 Å². The summed E-state index contributed by atoms with van der Waals surface area (Å²) in [5, 5.41) is 18.7. The molecule has 0 spiro atoms. The molecule has 1 fully saturated rings. The van der Waals surface area contributed by atoms with E-state index in [0.717, 1.165) is 5.56 Å². The molecule has 6 heteroatoms. The number of nitrogens with zero attached hydrogens (tertiary/aromatic N) is 1. The third-order valence-corrected chi connectivity index (χ3v) is 5.11. The number of aliphatic hydroxyl groups excluding tert-OH is 2. The first-order chi connectivity index (χ1) is 8.45. The number of β-amino-alcohol motifs (C(OH)–C–C–N with tert-alkyl or cyclic N) is 1. The maximum absolute atomic E-state index is 12.4. The van der Waals surface area contributed by atoms with Crippen molar-refractivity contribution in [3.63, 3.8) is 0 Å². The molecule has 1 aromatic carbocycles. The van der Waals surface area contributed by atoms with E-state index in [2.05, 4.69) is 0 Å². The van der Waals surface area contributed by atoms with E-state index in [-0.39, 0.29) is 24.5 Å². The predicted octanol–water partition coefficient (Wildman–Crippen LogP) is 0.111. The largest absolute Gasteiger partial charge is 0.395 e. The first-order valence-corrected chi connectivity index (χ1v) is 7.26. The molecule has 1 aliphatic rings. The van der Waals surface area contributed by atoms with Gasteiger partial charge in [0, 0.05) is 6.54 Å². The van der Waals surface area contributed by atoms with Gasteiger partial charge in [0.1, 0.15) is 0 Å². The minimum atomic E-state index is -3.64. The van der Waals surface area contributed by atoms with Crippen molar-refractivity contribution in [1.82, 2.24) is 4.31 Å². The molecule has 100 valence electrons. The molecule has 1 aliphatic heterocycles.